The van der Waals surface area contributed by atoms with Crippen molar-refractivity contribution in [3.05, 3.63) is 35.5 Å². The lowest BCUT2D eigenvalue weighted by Gasteiger charge is -2.32. The highest BCUT2D eigenvalue weighted by molar-refractivity contribution is 5.84. The lowest BCUT2D eigenvalue weighted by atomic mass is 10.1. The van der Waals surface area contributed by atoms with E-state index in [1.165, 1.54) is 48.3 Å². The Balaban J connectivity index is 1.85. The van der Waals surface area contributed by atoms with Gasteiger partial charge in [-0.1, -0.05) is 12.1 Å². The number of aryl methyl sites for hydroxylation is 2. The number of benzene rings is 1. The average Bonchev–Trinajstić information content (AvgIpc) is 2.72. The van der Waals surface area contributed by atoms with Gasteiger partial charge >= 0.3 is 0 Å². The van der Waals surface area contributed by atoms with E-state index in [0.29, 0.717) is 0 Å². The lowest BCUT2D eigenvalue weighted by molar-refractivity contribution is 0.146. The molecule has 2 heterocycles. The molecule has 1 saturated heterocycles. The monoisotopic (exact) mass is 257 g/mol. The maximum absolute atomic E-state index is 2.56. The summed E-state index contributed by atoms with van der Waals surface area (Å²) in [5.74, 6) is 0. The number of hydrogen-bond acceptors (Lipinski definition) is 2. The van der Waals surface area contributed by atoms with Crippen molar-refractivity contribution in [3.8, 4) is 0 Å². The molecule has 1 fully saturated rings. The minimum absolute atomic E-state index is 1.07. The molecule has 0 radical (unpaired) electrons. The number of rotatable bonds is 2. The molecule has 0 N–H and O–H groups in total. The van der Waals surface area contributed by atoms with E-state index >= 15 is 0 Å². The Hall–Kier alpha value is -1.32. The van der Waals surface area contributed by atoms with Gasteiger partial charge in [-0.2, -0.15) is 0 Å². The highest BCUT2D eigenvalue weighted by Crippen LogP contribution is 2.23. The third-order valence-electron chi connectivity index (χ3n) is 4.39. The molecular formula is C16H23N3. The molecule has 0 unspecified atom stereocenters. The van der Waals surface area contributed by atoms with Gasteiger partial charge in [-0.15, -0.1) is 0 Å². The maximum Gasteiger partial charge on any atom is 0.0482 e. The fourth-order valence-electron chi connectivity index (χ4n) is 2.95. The molecule has 3 heteroatoms. The van der Waals surface area contributed by atoms with Crippen LogP contribution >= 0.6 is 0 Å². The highest BCUT2D eigenvalue weighted by atomic mass is 15.2. The van der Waals surface area contributed by atoms with Gasteiger partial charge in [-0.05, 0) is 31.7 Å². The predicted molar refractivity (Wildman–Crippen MR) is 80.4 cm³/mol. The number of fused-ring (bicyclic) bond motifs is 1. The molecule has 0 atom stereocenters. The van der Waals surface area contributed by atoms with Crippen molar-refractivity contribution in [3.63, 3.8) is 0 Å². The standard InChI is InChI=1S/C16H23N3/c1-13-5-4-6-16-15(13)11-14(18(16)3)12-19-9-7-17(2)8-10-19/h4-6,11H,7-10,12H2,1-3H3. The van der Waals surface area contributed by atoms with Crippen LogP contribution in [-0.2, 0) is 13.6 Å². The van der Waals surface area contributed by atoms with Crippen molar-refractivity contribution >= 4 is 10.9 Å². The van der Waals surface area contributed by atoms with E-state index in [-0.39, 0.29) is 0 Å². The first-order valence-electron chi connectivity index (χ1n) is 7.10. The molecule has 0 amide bonds. The van der Waals surface area contributed by atoms with Crippen LogP contribution in [0.3, 0.4) is 0 Å². The Morgan fingerprint density at radius 1 is 1.05 bits per heavy atom. The topological polar surface area (TPSA) is 11.4 Å². The van der Waals surface area contributed by atoms with Crippen LogP contribution in [0.1, 0.15) is 11.3 Å². The van der Waals surface area contributed by atoms with Gasteiger partial charge in [0.15, 0.2) is 0 Å². The molecule has 2 aromatic rings. The molecule has 0 spiro atoms. The summed E-state index contributed by atoms with van der Waals surface area (Å²) >= 11 is 0. The highest BCUT2D eigenvalue weighted by Gasteiger charge is 2.16. The summed E-state index contributed by atoms with van der Waals surface area (Å²) in [5.41, 5.74) is 4.15. The zero-order valence-corrected chi connectivity index (χ0v) is 12.2. The maximum atomic E-state index is 2.56. The SMILES string of the molecule is Cc1cccc2c1cc(CN1CCN(C)CC1)n2C. The van der Waals surface area contributed by atoms with Crippen LogP contribution in [0.25, 0.3) is 10.9 Å². The second-order valence-electron chi connectivity index (χ2n) is 5.78. The van der Waals surface area contributed by atoms with Crippen molar-refractivity contribution in [1.29, 1.82) is 0 Å². The molecule has 102 valence electrons. The summed E-state index contributed by atoms with van der Waals surface area (Å²) < 4.78 is 2.35. The summed E-state index contributed by atoms with van der Waals surface area (Å²) in [6.07, 6.45) is 0. The first-order valence-corrected chi connectivity index (χ1v) is 7.10. The molecule has 1 aromatic heterocycles. The van der Waals surface area contributed by atoms with Gasteiger partial charge in [0.2, 0.25) is 0 Å². The van der Waals surface area contributed by atoms with E-state index in [9.17, 15) is 0 Å². The molecule has 1 aliphatic heterocycles. The van der Waals surface area contributed by atoms with Crippen molar-refractivity contribution in [2.45, 2.75) is 13.5 Å². The normalized spacial score (nSPS) is 18.3. The largest absolute Gasteiger partial charge is 0.346 e. The Kier molecular flexibility index (Phi) is 3.33. The van der Waals surface area contributed by atoms with Gasteiger partial charge < -0.3 is 9.47 Å². The summed E-state index contributed by atoms with van der Waals surface area (Å²) in [7, 11) is 4.39. The molecule has 0 saturated carbocycles. The second-order valence-corrected chi connectivity index (χ2v) is 5.78. The number of piperazine rings is 1. The van der Waals surface area contributed by atoms with Crippen molar-refractivity contribution in [2.24, 2.45) is 7.05 Å². The van der Waals surface area contributed by atoms with Crippen LogP contribution in [0.15, 0.2) is 24.3 Å². The van der Waals surface area contributed by atoms with Crippen LogP contribution < -0.4 is 0 Å². The van der Waals surface area contributed by atoms with Crippen LogP contribution in [0, 0.1) is 6.92 Å². The average molecular weight is 257 g/mol. The zero-order chi connectivity index (χ0) is 13.4. The van der Waals surface area contributed by atoms with E-state index in [4.69, 9.17) is 0 Å². The van der Waals surface area contributed by atoms with E-state index in [2.05, 4.69) is 59.7 Å². The lowest BCUT2D eigenvalue weighted by Crippen LogP contribution is -2.44. The van der Waals surface area contributed by atoms with Crippen LogP contribution in [-0.4, -0.2) is 47.6 Å². The number of likely N-dealkylation sites (N-methyl/N-ethyl adjacent to an activating group) is 1. The Morgan fingerprint density at radius 2 is 1.79 bits per heavy atom. The third-order valence-corrected chi connectivity index (χ3v) is 4.39. The zero-order valence-electron chi connectivity index (χ0n) is 12.2. The predicted octanol–water partition coefficient (Wildman–Crippen LogP) is 2.23. The van der Waals surface area contributed by atoms with Gasteiger partial charge in [-0.25, -0.2) is 0 Å². The Morgan fingerprint density at radius 3 is 2.47 bits per heavy atom. The van der Waals surface area contributed by atoms with Crippen molar-refractivity contribution in [2.75, 3.05) is 33.2 Å². The quantitative estimate of drug-likeness (QED) is 0.817. The van der Waals surface area contributed by atoms with Crippen LogP contribution in [0.2, 0.25) is 0 Å². The molecule has 0 aliphatic carbocycles. The van der Waals surface area contributed by atoms with E-state index < -0.39 is 0 Å². The van der Waals surface area contributed by atoms with Gasteiger partial charge in [-0.3, -0.25) is 4.90 Å². The minimum Gasteiger partial charge on any atom is -0.346 e. The van der Waals surface area contributed by atoms with E-state index in [1.807, 2.05) is 0 Å². The number of hydrogen-bond donors (Lipinski definition) is 0. The molecular weight excluding hydrogens is 234 g/mol. The van der Waals surface area contributed by atoms with Crippen molar-refractivity contribution in [1.82, 2.24) is 14.4 Å². The number of nitrogens with zero attached hydrogens (tertiary/aromatic N) is 3. The molecule has 0 bridgehead atoms. The molecule has 3 nitrogen and oxygen atoms in total. The first-order chi connectivity index (χ1) is 9.15. The first kappa shape index (κ1) is 12.7. The molecule has 3 rings (SSSR count). The fraction of sp³-hybridized carbons (Fsp3) is 0.500. The Bertz CT molecular complexity index is 577. The molecule has 1 aromatic carbocycles. The second kappa shape index (κ2) is 4.99. The smallest absolute Gasteiger partial charge is 0.0482 e. The minimum atomic E-state index is 1.07. The van der Waals surface area contributed by atoms with Crippen LogP contribution in [0.5, 0.6) is 0 Å². The van der Waals surface area contributed by atoms with Gasteiger partial charge in [0.1, 0.15) is 0 Å². The van der Waals surface area contributed by atoms with Gasteiger partial charge in [0.25, 0.3) is 0 Å². The van der Waals surface area contributed by atoms with E-state index in [1.54, 1.807) is 0 Å². The van der Waals surface area contributed by atoms with Gasteiger partial charge in [0.05, 0.1) is 0 Å². The van der Waals surface area contributed by atoms with Gasteiger partial charge in [0, 0.05) is 56.4 Å². The fourth-order valence-corrected chi connectivity index (χ4v) is 2.95. The van der Waals surface area contributed by atoms with E-state index in [0.717, 1.165) is 6.54 Å². The summed E-state index contributed by atoms with van der Waals surface area (Å²) in [4.78, 5) is 4.96. The third kappa shape index (κ3) is 2.40. The van der Waals surface area contributed by atoms with Crippen LogP contribution in [0.4, 0.5) is 0 Å². The number of aromatic nitrogens is 1. The summed E-state index contributed by atoms with van der Waals surface area (Å²) in [5, 5.41) is 1.40. The summed E-state index contributed by atoms with van der Waals surface area (Å²) in [6, 6.07) is 8.93. The molecule has 19 heavy (non-hydrogen) atoms. The summed E-state index contributed by atoms with van der Waals surface area (Å²) in [6.45, 7) is 7.99. The van der Waals surface area contributed by atoms with Crippen molar-refractivity contribution < 1.29 is 0 Å². The molecule has 1 aliphatic rings. The Labute approximate surface area is 115 Å².